The first kappa shape index (κ1) is 34.1. The molecule has 0 radical (unpaired) electrons. The van der Waals surface area contributed by atoms with E-state index in [1.54, 1.807) is 32.0 Å². The maximum Gasteiger partial charge on any atom is 0.417 e. The molecular formula is C33H36ClF3N4O4. The summed E-state index contributed by atoms with van der Waals surface area (Å²) in [5.41, 5.74) is 1.41. The number of nitrogens with zero attached hydrogens (tertiary/aromatic N) is 2. The Kier molecular flexibility index (Phi) is 11.4. The second-order valence-electron chi connectivity index (χ2n) is 10.6. The van der Waals surface area contributed by atoms with Gasteiger partial charge in [-0.15, -0.1) is 0 Å². The van der Waals surface area contributed by atoms with E-state index in [-0.39, 0.29) is 33.3 Å². The van der Waals surface area contributed by atoms with E-state index in [0.717, 1.165) is 5.56 Å². The van der Waals surface area contributed by atoms with E-state index in [4.69, 9.17) is 21.1 Å². The predicted octanol–water partition coefficient (Wildman–Crippen LogP) is 6.11. The van der Waals surface area contributed by atoms with Crippen molar-refractivity contribution >= 4 is 11.6 Å². The quantitative estimate of drug-likeness (QED) is 0.138. The first-order chi connectivity index (χ1) is 21.4. The molecule has 2 atom stereocenters. The van der Waals surface area contributed by atoms with Gasteiger partial charge in [-0.3, -0.25) is 4.98 Å². The summed E-state index contributed by atoms with van der Waals surface area (Å²) in [6.45, 7) is 4.80. The van der Waals surface area contributed by atoms with Gasteiger partial charge in [-0.1, -0.05) is 48.0 Å². The van der Waals surface area contributed by atoms with Crippen LogP contribution in [-0.2, 0) is 19.3 Å². The van der Waals surface area contributed by atoms with Gasteiger partial charge in [-0.05, 0) is 37.6 Å². The SMILES string of the molecule is COc1cc(-c2nccc(-c3cccc(-c4ccc(CNCC(C)O)c(OC)n4)c3C(F)(F)F)c2Cl)ccc1CNCC(C)O. The summed E-state index contributed by atoms with van der Waals surface area (Å²) in [6, 6.07) is 14.2. The van der Waals surface area contributed by atoms with Crippen molar-refractivity contribution in [2.24, 2.45) is 0 Å². The molecule has 12 heteroatoms. The number of hydrogen-bond donors (Lipinski definition) is 4. The number of rotatable bonds is 13. The molecule has 0 spiro atoms. The normalized spacial score (nSPS) is 13.0. The molecule has 2 heterocycles. The fourth-order valence-corrected chi connectivity index (χ4v) is 5.27. The Labute approximate surface area is 265 Å². The number of halogens is 4. The highest BCUT2D eigenvalue weighted by atomic mass is 35.5. The Balaban J connectivity index is 1.77. The van der Waals surface area contributed by atoms with Crippen LogP contribution in [0.15, 0.2) is 60.8 Å². The van der Waals surface area contributed by atoms with Crippen molar-refractivity contribution in [3.63, 3.8) is 0 Å². The molecule has 2 aromatic heterocycles. The molecular weight excluding hydrogens is 609 g/mol. The third-order valence-electron chi connectivity index (χ3n) is 7.01. The number of nitrogens with one attached hydrogen (secondary N) is 2. The molecule has 0 saturated heterocycles. The lowest BCUT2D eigenvalue weighted by molar-refractivity contribution is -0.136. The lowest BCUT2D eigenvalue weighted by atomic mass is 9.92. The molecule has 2 unspecified atom stereocenters. The predicted molar refractivity (Wildman–Crippen MR) is 168 cm³/mol. The van der Waals surface area contributed by atoms with Gasteiger partial charge in [0.25, 0.3) is 0 Å². The zero-order valence-electron chi connectivity index (χ0n) is 25.4. The van der Waals surface area contributed by atoms with Crippen molar-refractivity contribution < 1.29 is 32.9 Å². The van der Waals surface area contributed by atoms with Gasteiger partial charge in [-0.2, -0.15) is 13.2 Å². The van der Waals surface area contributed by atoms with E-state index in [9.17, 15) is 23.4 Å². The Morgan fingerprint density at radius 2 is 1.49 bits per heavy atom. The standard InChI is InChI=1S/C33H36ClF3N4O4/c1-19(42)15-38-17-22-9-8-21(14-28(22)44-3)31-30(34)25(12-13-40-31)24-6-5-7-26(29(24)33(35,36)37)27-11-10-23(32(41-27)45-4)18-39-16-20(2)43/h5-14,19-20,38-39,42-43H,15-18H2,1-4H3. The third kappa shape index (κ3) is 8.30. The van der Waals surface area contributed by atoms with Gasteiger partial charge in [0.2, 0.25) is 5.88 Å². The van der Waals surface area contributed by atoms with E-state index in [1.165, 1.54) is 50.7 Å². The van der Waals surface area contributed by atoms with Crippen LogP contribution in [0.2, 0.25) is 5.02 Å². The second kappa shape index (κ2) is 15.0. The first-order valence-electron chi connectivity index (χ1n) is 14.3. The summed E-state index contributed by atoms with van der Waals surface area (Å²) >= 11 is 6.82. The van der Waals surface area contributed by atoms with Crippen molar-refractivity contribution in [3.8, 4) is 45.3 Å². The maximum absolute atomic E-state index is 14.8. The smallest absolute Gasteiger partial charge is 0.417 e. The fraction of sp³-hybridized carbons (Fsp3) is 0.333. The first-order valence-corrected chi connectivity index (χ1v) is 14.7. The molecule has 45 heavy (non-hydrogen) atoms. The number of benzene rings is 2. The van der Waals surface area contributed by atoms with E-state index in [0.29, 0.717) is 48.7 Å². The molecule has 4 rings (SSSR count). The van der Waals surface area contributed by atoms with E-state index < -0.39 is 23.9 Å². The minimum Gasteiger partial charge on any atom is -0.496 e. The average Bonchev–Trinajstić information content (AvgIpc) is 3.00. The Morgan fingerprint density at radius 3 is 2.11 bits per heavy atom. The van der Waals surface area contributed by atoms with E-state index in [2.05, 4.69) is 20.6 Å². The summed E-state index contributed by atoms with van der Waals surface area (Å²) in [6.07, 6.45) is -4.41. The van der Waals surface area contributed by atoms with Crippen LogP contribution in [0.5, 0.6) is 11.6 Å². The van der Waals surface area contributed by atoms with Crippen LogP contribution in [0.4, 0.5) is 13.2 Å². The molecule has 0 amide bonds. The largest absolute Gasteiger partial charge is 0.496 e. The molecule has 2 aromatic carbocycles. The van der Waals surface area contributed by atoms with Crippen molar-refractivity contribution in [2.75, 3.05) is 27.3 Å². The van der Waals surface area contributed by atoms with Crippen LogP contribution in [-0.4, -0.2) is 59.7 Å². The number of aromatic nitrogens is 2. The summed E-state index contributed by atoms with van der Waals surface area (Å²) in [7, 11) is 2.92. The van der Waals surface area contributed by atoms with Crippen LogP contribution >= 0.6 is 11.6 Å². The zero-order valence-corrected chi connectivity index (χ0v) is 26.1. The fourth-order valence-electron chi connectivity index (χ4n) is 4.95. The lowest BCUT2D eigenvalue weighted by Crippen LogP contribution is -2.24. The monoisotopic (exact) mass is 644 g/mol. The van der Waals surface area contributed by atoms with Crippen LogP contribution < -0.4 is 20.1 Å². The van der Waals surface area contributed by atoms with Gasteiger partial charge in [0.05, 0.1) is 48.4 Å². The number of aliphatic hydroxyl groups is 2. The van der Waals surface area contributed by atoms with Crippen molar-refractivity contribution in [1.29, 1.82) is 0 Å². The number of hydrogen-bond acceptors (Lipinski definition) is 8. The van der Waals surface area contributed by atoms with Gasteiger partial charge in [0.1, 0.15) is 5.75 Å². The van der Waals surface area contributed by atoms with Crippen LogP contribution in [0.3, 0.4) is 0 Å². The second-order valence-corrected chi connectivity index (χ2v) is 11.0. The Morgan fingerprint density at radius 1 is 0.844 bits per heavy atom. The highest BCUT2D eigenvalue weighted by Crippen LogP contribution is 2.46. The molecule has 0 aliphatic heterocycles. The lowest BCUT2D eigenvalue weighted by Gasteiger charge is -2.20. The molecule has 0 bridgehead atoms. The Bertz CT molecular complexity index is 1620. The average molecular weight is 645 g/mol. The number of ether oxygens (including phenoxy) is 2. The van der Waals surface area contributed by atoms with Crippen molar-refractivity contribution in [1.82, 2.24) is 20.6 Å². The van der Waals surface area contributed by atoms with Gasteiger partial charge in [0.15, 0.2) is 0 Å². The number of alkyl halides is 3. The van der Waals surface area contributed by atoms with Gasteiger partial charge in [0, 0.05) is 60.2 Å². The van der Waals surface area contributed by atoms with Crippen molar-refractivity contribution in [2.45, 2.75) is 45.3 Å². The van der Waals surface area contributed by atoms with Crippen LogP contribution in [0.1, 0.15) is 30.5 Å². The minimum absolute atomic E-state index is 0.0484. The molecule has 240 valence electrons. The van der Waals surface area contributed by atoms with Crippen LogP contribution in [0, 0.1) is 0 Å². The topological polar surface area (TPSA) is 109 Å². The summed E-state index contributed by atoms with van der Waals surface area (Å²) < 4.78 is 55.5. The molecule has 0 aliphatic carbocycles. The van der Waals surface area contributed by atoms with E-state index >= 15 is 0 Å². The summed E-state index contributed by atoms with van der Waals surface area (Å²) in [5.74, 6) is 0.711. The number of pyridine rings is 2. The van der Waals surface area contributed by atoms with Gasteiger partial charge in [-0.25, -0.2) is 4.98 Å². The molecule has 0 aliphatic rings. The molecule has 4 N–H and O–H groups in total. The molecule has 4 aromatic rings. The molecule has 8 nitrogen and oxygen atoms in total. The molecule has 0 fully saturated rings. The van der Waals surface area contributed by atoms with Gasteiger partial charge < -0.3 is 30.3 Å². The van der Waals surface area contributed by atoms with Crippen LogP contribution in [0.25, 0.3) is 33.6 Å². The van der Waals surface area contributed by atoms with E-state index in [1.807, 2.05) is 6.07 Å². The third-order valence-corrected chi connectivity index (χ3v) is 7.39. The number of aliphatic hydroxyl groups excluding tert-OH is 2. The molecule has 0 saturated carbocycles. The van der Waals surface area contributed by atoms with Crippen molar-refractivity contribution in [3.05, 3.63) is 82.5 Å². The summed E-state index contributed by atoms with van der Waals surface area (Å²) in [5, 5.41) is 25.3. The zero-order chi connectivity index (χ0) is 32.7. The minimum atomic E-state index is -4.75. The maximum atomic E-state index is 14.8. The summed E-state index contributed by atoms with van der Waals surface area (Å²) in [4.78, 5) is 8.81. The Hall–Kier alpha value is -3.74. The highest BCUT2D eigenvalue weighted by molar-refractivity contribution is 6.35. The van der Waals surface area contributed by atoms with Gasteiger partial charge >= 0.3 is 6.18 Å². The number of methoxy groups -OCH3 is 2. The highest BCUT2D eigenvalue weighted by Gasteiger charge is 2.38.